The minimum atomic E-state index is -0.938. The number of carboxylic acids is 1. The Balaban J connectivity index is 2.13. The van der Waals surface area contributed by atoms with Gasteiger partial charge in [0.2, 0.25) is 0 Å². The smallest absolute Gasteiger partial charge is 0.321 e. The molecule has 2 amide bonds. The van der Waals surface area contributed by atoms with Crippen LogP contribution in [0.3, 0.4) is 0 Å². The monoisotopic (exact) mass is 360 g/mol. The molecule has 0 bridgehead atoms. The van der Waals surface area contributed by atoms with Crippen molar-refractivity contribution in [3.8, 4) is 5.69 Å². The lowest BCUT2D eigenvalue weighted by molar-refractivity contribution is -0.141. The summed E-state index contributed by atoms with van der Waals surface area (Å²) in [5, 5.41) is 23.5. The molecule has 1 aromatic carbocycles. The standard InChI is InChI=1S/C17H24N6O3/c1-10(2)15-19-20-21-23(15)14-7-6-13(8-11(14)3)18-17(26)22(5)9-12(4)16(24)25/h6-8,10,12H,9H2,1-5H3,(H,18,26)(H,24,25). The SMILES string of the molecule is Cc1cc(NC(=O)N(C)CC(C)C(=O)O)ccc1-n1nnnc1C(C)C. The summed E-state index contributed by atoms with van der Waals surface area (Å²) in [6, 6.07) is 5.07. The molecule has 2 aromatic rings. The number of anilines is 1. The molecule has 1 unspecified atom stereocenters. The highest BCUT2D eigenvalue weighted by Gasteiger charge is 2.18. The lowest BCUT2D eigenvalue weighted by atomic mass is 10.1. The van der Waals surface area contributed by atoms with Crippen LogP contribution < -0.4 is 5.32 Å². The fraction of sp³-hybridized carbons (Fsp3) is 0.471. The molecule has 1 atom stereocenters. The molecule has 1 heterocycles. The number of nitrogens with zero attached hydrogens (tertiary/aromatic N) is 5. The molecule has 0 fully saturated rings. The highest BCUT2D eigenvalue weighted by atomic mass is 16.4. The summed E-state index contributed by atoms with van der Waals surface area (Å²) in [5.41, 5.74) is 2.35. The summed E-state index contributed by atoms with van der Waals surface area (Å²) in [6.07, 6.45) is 0. The van der Waals surface area contributed by atoms with E-state index in [0.29, 0.717) is 5.69 Å². The van der Waals surface area contributed by atoms with Gasteiger partial charge >= 0.3 is 12.0 Å². The van der Waals surface area contributed by atoms with Crippen LogP contribution in [0.2, 0.25) is 0 Å². The second-order valence-corrected chi connectivity index (χ2v) is 6.65. The van der Waals surface area contributed by atoms with E-state index >= 15 is 0 Å². The van der Waals surface area contributed by atoms with Crippen molar-refractivity contribution in [3.63, 3.8) is 0 Å². The molecule has 0 aliphatic rings. The fourth-order valence-electron chi connectivity index (χ4n) is 2.49. The Morgan fingerprint density at radius 2 is 2.00 bits per heavy atom. The molecule has 0 aliphatic carbocycles. The first-order valence-electron chi connectivity index (χ1n) is 8.35. The molecule has 2 rings (SSSR count). The van der Waals surface area contributed by atoms with Crippen LogP contribution in [0.4, 0.5) is 10.5 Å². The van der Waals surface area contributed by atoms with Crippen LogP contribution in [-0.4, -0.2) is 55.8 Å². The average Bonchev–Trinajstić information content (AvgIpc) is 3.04. The number of hydrogen-bond acceptors (Lipinski definition) is 5. The van der Waals surface area contributed by atoms with Crippen LogP contribution >= 0.6 is 0 Å². The van der Waals surface area contributed by atoms with E-state index in [4.69, 9.17) is 5.11 Å². The van der Waals surface area contributed by atoms with Gasteiger partial charge in [-0.25, -0.2) is 4.79 Å². The molecular weight excluding hydrogens is 336 g/mol. The topological polar surface area (TPSA) is 113 Å². The number of carbonyl (C=O) groups excluding carboxylic acids is 1. The Hall–Kier alpha value is -2.97. The molecule has 0 aliphatic heterocycles. The lowest BCUT2D eigenvalue weighted by Gasteiger charge is -2.20. The van der Waals surface area contributed by atoms with Gasteiger partial charge in [-0.2, -0.15) is 4.68 Å². The molecule has 0 radical (unpaired) electrons. The third-order valence-electron chi connectivity index (χ3n) is 4.00. The maximum absolute atomic E-state index is 12.2. The van der Waals surface area contributed by atoms with Crippen molar-refractivity contribution in [2.75, 3.05) is 18.9 Å². The first-order valence-corrected chi connectivity index (χ1v) is 8.35. The van der Waals surface area contributed by atoms with Gasteiger partial charge in [-0.3, -0.25) is 4.79 Å². The Kier molecular flexibility index (Phi) is 5.91. The summed E-state index contributed by atoms with van der Waals surface area (Å²) >= 11 is 0. The zero-order valence-electron chi connectivity index (χ0n) is 15.6. The minimum Gasteiger partial charge on any atom is -0.481 e. The van der Waals surface area contributed by atoms with E-state index in [2.05, 4.69) is 20.8 Å². The summed E-state index contributed by atoms with van der Waals surface area (Å²) in [7, 11) is 1.56. The van der Waals surface area contributed by atoms with Crippen molar-refractivity contribution in [3.05, 3.63) is 29.6 Å². The molecule has 0 spiro atoms. The summed E-state index contributed by atoms with van der Waals surface area (Å²) < 4.78 is 1.69. The number of aromatic nitrogens is 4. The van der Waals surface area contributed by atoms with Gasteiger partial charge in [0.15, 0.2) is 5.82 Å². The van der Waals surface area contributed by atoms with Crippen LogP contribution in [0.5, 0.6) is 0 Å². The number of nitrogens with one attached hydrogen (secondary N) is 1. The third kappa shape index (κ3) is 4.35. The van der Waals surface area contributed by atoms with Crippen molar-refractivity contribution in [1.29, 1.82) is 0 Å². The van der Waals surface area contributed by atoms with Gasteiger partial charge in [0.1, 0.15) is 0 Å². The van der Waals surface area contributed by atoms with E-state index in [-0.39, 0.29) is 18.5 Å². The molecule has 1 aromatic heterocycles. The summed E-state index contributed by atoms with van der Waals surface area (Å²) in [6.45, 7) is 7.62. The van der Waals surface area contributed by atoms with E-state index in [1.807, 2.05) is 32.9 Å². The third-order valence-corrected chi connectivity index (χ3v) is 4.00. The lowest BCUT2D eigenvalue weighted by Crippen LogP contribution is -2.36. The van der Waals surface area contributed by atoms with Crippen molar-refractivity contribution in [1.82, 2.24) is 25.1 Å². The van der Waals surface area contributed by atoms with Gasteiger partial charge in [0, 0.05) is 25.2 Å². The molecule has 0 saturated carbocycles. The van der Waals surface area contributed by atoms with Crippen molar-refractivity contribution in [2.24, 2.45) is 5.92 Å². The second kappa shape index (κ2) is 7.94. The number of aliphatic carboxylic acids is 1. The number of carbonyl (C=O) groups is 2. The average molecular weight is 360 g/mol. The zero-order valence-corrected chi connectivity index (χ0v) is 15.6. The predicted octanol–water partition coefficient (Wildman–Crippen LogP) is 2.28. The zero-order chi connectivity index (χ0) is 19.4. The second-order valence-electron chi connectivity index (χ2n) is 6.65. The van der Waals surface area contributed by atoms with Gasteiger partial charge in [-0.15, -0.1) is 5.10 Å². The molecule has 9 nitrogen and oxygen atoms in total. The van der Waals surface area contributed by atoms with Gasteiger partial charge < -0.3 is 15.3 Å². The van der Waals surface area contributed by atoms with E-state index < -0.39 is 11.9 Å². The number of urea groups is 1. The number of benzene rings is 1. The molecule has 0 saturated heterocycles. The Labute approximate surface area is 152 Å². The van der Waals surface area contributed by atoms with Crippen LogP contribution in [0.15, 0.2) is 18.2 Å². The first kappa shape index (κ1) is 19.4. The molecular formula is C17H24N6O3. The number of hydrogen-bond donors (Lipinski definition) is 2. The number of tetrazole rings is 1. The Morgan fingerprint density at radius 1 is 1.31 bits per heavy atom. The van der Waals surface area contributed by atoms with Gasteiger partial charge in [0.25, 0.3) is 0 Å². The summed E-state index contributed by atoms with van der Waals surface area (Å²) in [5.74, 6) is -0.641. The van der Waals surface area contributed by atoms with Gasteiger partial charge in [-0.1, -0.05) is 20.8 Å². The Bertz CT molecular complexity index is 802. The largest absolute Gasteiger partial charge is 0.481 e. The van der Waals surface area contributed by atoms with Crippen molar-refractivity contribution < 1.29 is 14.7 Å². The number of rotatable bonds is 6. The van der Waals surface area contributed by atoms with E-state index in [0.717, 1.165) is 17.1 Å². The molecule has 9 heteroatoms. The van der Waals surface area contributed by atoms with Crippen LogP contribution in [0.1, 0.15) is 38.1 Å². The highest BCUT2D eigenvalue weighted by Crippen LogP contribution is 2.21. The number of carboxylic acid groups (broad SMARTS) is 1. The minimum absolute atomic E-state index is 0.126. The first-order chi connectivity index (χ1) is 12.2. The van der Waals surface area contributed by atoms with Gasteiger partial charge in [0.05, 0.1) is 11.6 Å². The molecule has 26 heavy (non-hydrogen) atoms. The van der Waals surface area contributed by atoms with Gasteiger partial charge in [-0.05, 0) is 41.1 Å². The van der Waals surface area contributed by atoms with E-state index in [1.165, 1.54) is 4.90 Å². The fourth-order valence-corrected chi connectivity index (χ4v) is 2.49. The van der Waals surface area contributed by atoms with E-state index in [1.54, 1.807) is 24.7 Å². The maximum Gasteiger partial charge on any atom is 0.321 e. The van der Waals surface area contributed by atoms with Crippen LogP contribution in [-0.2, 0) is 4.79 Å². The van der Waals surface area contributed by atoms with E-state index in [9.17, 15) is 9.59 Å². The van der Waals surface area contributed by atoms with Crippen molar-refractivity contribution in [2.45, 2.75) is 33.6 Å². The molecule has 140 valence electrons. The maximum atomic E-state index is 12.2. The van der Waals surface area contributed by atoms with Crippen LogP contribution in [0.25, 0.3) is 5.69 Å². The number of aryl methyl sites for hydroxylation is 1. The molecule has 2 N–H and O–H groups in total. The number of amides is 2. The normalized spacial score (nSPS) is 12.1. The van der Waals surface area contributed by atoms with Crippen LogP contribution in [0, 0.1) is 12.8 Å². The highest BCUT2D eigenvalue weighted by molar-refractivity contribution is 5.89. The predicted molar refractivity (Wildman–Crippen MR) is 96.4 cm³/mol. The quantitative estimate of drug-likeness (QED) is 0.817. The van der Waals surface area contributed by atoms with Crippen molar-refractivity contribution >= 4 is 17.7 Å². The Morgan fingerprint density at radius 3 is 2.58 bits per heavy atom. The summed E-state index contributed by atoms with van der Waals surface area (Å²) in [4.78, 5) is 24.5.